The highest BCUT2D eigenvalue weighted by atomic mass is 16.3. The molecule has 0 bridgehead atoms. The van der Waals surface area contributed by atoms with Crippen LogP contribution in [0.25, 0.3) is 0 Å². The van der Waals surface area contributed by atoms with Crippen molar-refractivity contribution in [3.63, 3.8) is 0 Å². The highest BCUT2D eigenvalue weighted by Crippen LogP contribution is 2.27. The Morgan fingerprint density at radius 3 is 2.47 bits per heavy atom. The number of hydrogen-bond acceptors (Lipinski definition) is 3. The number of nitrogens with zero attached hydrogens (tertiary/aromatic N) is 1. The van der Waals surface area contributed by atoms with Gasteiger partial charge in [-0.1, -0.05) is 20.3 Å². The minimum Gasteiger partial charge on any atom is -0.396 e. The van der Waals surface area contributed by atoms with E-state index in [0.717, 1.165) is 25.9 Å². The molecule has 4 N–H and O–H groups in total. The molecule has 0 unspecified atom stereocenters. The van der Waals surface area contributed by atoms with Crippen molar-refractivity contribution in [3.8, 4) is 0 Å². The van der Waals surface area contributed by atoms with Gasteiger partial charge in [0.05, 0.1) is 5.84 Å². The third-order valence-corrected chi connectivity index (χ3v) is 3.95. The van der Waals surface area contributed by atoms with Gasteiger partial charge in [0.1, 0.15) is 0 Å². The van der Waals surface area contributed by atoms with Crippen LogP contribution < -0.4 is 5.73 Å². The molecule has 1 saturated carbocycles. The minimum absolute atomic E-state index is 0.207. The van der Waals surface area contributed by atoms with Crippen molar-refractivity contribution in [2.45, 2.75) is 52.0 Å². The number of aliphatic hydroxyl groups excluding tert-OH is 1. The van der Waals surface area contributed by atoms with Crippen molar-refractivity contribution in [2.24, 2.45) is 11.1 Å². The first-order valence-corrected chi connectivity index (χ1v) is 6.67. The van der Waals surface area contributed by atoms with Crippen molar-refractivity contribution < 1.29 is 5.11 Å². The van der Waals surface area contributed by atoms with Gasteiger partial charge in [-0.3, -0.25) is 5.41 Å². The van der Waals surface area contributed by atoms with Gasteiger partial charge in [-0.2, -0.15) is 0 Å². The first-order valence-electron chi connectivity index (χ1n) is 6.67. The lowest BCUT2D eigenvalue weighted by Crippen LogP contribution is -2.44. The van der Waals surface area contributed by atoms with Gasteiger partial charge in [0.2, 0.25) is 0 Å². The van der Waals surface area contributed by atoms with Crippen molar-refractivity contribution in [3.05, 3.63) is 0 Å². The fraction of sp³-hybridized carbons (Fsp3) is 0.923. The second-order valence-corrected chi connectivity index (χ2v) is 5.75. The molecule has 4 nitrogen and oxygen atoms in total. The molecule has 4 heteroatoms. The zero-order chi connectivity index (χ0) is 12.9. The van der Waals surface area contributed by atoms with Crippen LogP contribution in [-0.2, 0) is 0 Å². The molecule has 1 rings (SSSR count). The summed E-state index contributed by atoms with van der Waals surface area (Å²) in [6, 6.07) is 0.698. The third kappa shape index (κ3) is 4.28. The lowest BCUT2D eigenvalue weighted by atomic mass is 9.86. The maximum atomic E-state index is 8.92. The van der Waals surface area contributed by atoms with Gasteiger partial charge in [0.25, 0.3) is 0 Å². The minimum atomic E-state index is -0.207. The van der Waals surface area contributed by atoms with E-state index >= 15 is 0 Å². The van der Waals surface area contributed by atoms with Crippen LogP contribution in [0.2, 0.25) is 0 Å². The van der Waals surface area contributed by atoms with E-state index in [-0.39, 0.29) is 17.9 Å². The van der Waals surface area contributed by atoms with E-state index in [1.54, 1.807) is 0 Å². The molecule has 0 atom stereocenters. The molecule has 0 aromatic carbocycles. The van der Waals surface area contributed by atoms with Gasteiger partial charge in [-0.15, -0.1) is 0 Å². The fourth-order valence-electron chi connectivity index (χ4n) is 2.06. The second-order valence-electron chi connectivity index (χ2n) is 5.75. The fourth-order valence-corrected chi connectivity index (χ4v) is 2.06. The molecule has 0 heterocycles. The largest absolute Gasteiger partial charge is 0.396 e. The highest BCUT2D eigenvalue weighted by Gasteiger charge is 2.27. The quantitative estimate of drug-likeness (QED) is 0.446. The Balaban J connectivity index is 2.40. The number of nitrogens with one attached hydrogen (secondary N) is 1. The highest BCUT2D eigenvalue weighted by molar-refractivity contribution is 5.82. The average molecular weight is 241 g/mol. The summed E-state index contributed by atoms with van der Waals surface area (Å²) in [5.41, 5.74) is 5.40. The molecule has 100 valence electrons. The number of amidine groups is 1. The normalized spacial score (nSPS) is 17.2. The molecule has 0 spiro atoms. The van der Waals surface area contributed by atoms with Gasteiger partial charge in [-0.05, 0) is 32.2 Å². The predicted octanol–water partition coefficient (Wildman–Crippen LogP) is 1.58. The Bertz CT molecular complexity index is 249. The van der Waals surface area contributed by atoms with Crippen LogP contribution in [0.3, 0.4) is 0 Å². The summed E-state index contributed by atoms with van der Waals surface area (Å²) in [6.07, 6.45) is 5.66. The Kier molecular flexibility index (Phi) is 5.40. The van der Waals surface area contributed by atoms with Crippen molar-refractivity contribution >= 4 is 5.84 Å². The Morgan fingerprint density at radius 2 is 2.06 bits per heavy atom. The molecule has 1 fully saturated rings. The van der Waals surface area contributed by atoms with E-state index in [1.165, 1.54) is 19.3 Å². The molecule has 0 aromatic heterocycles. The number of aliphatic hydroxyl groups is 1. The van der Waals surface area contributed by atoms with E-state index in [9.17, 15) is 0 Å². The molecule has 0 radical (unpaired) electrons. The molecular weight excluding hydrogens is 214 g/mol. The van der Waals surface area contributed by atoms with Crippen LogP contribution >= 0.6 is 0 Å². The third-order valence-electron chi connectivity index (χ3n) is 3.95. The van der Waals surface area contributed by atoms with Crippen LogP contribution in [-0.4, -0.2) is 41.6 Å². The molecule has 0 aliphatic heterocycles. The zero-order valence-corrected chi connectivity index (χ0v) is 11.2. The molecule has 0 saturated heterocycles. The summed E-state index contributed by atoms with van der Waals surface area (Å²) in [7, 11) is 0. The monoisotopic (exact) mass is 241 g/mol. The van der Waals surface area contributed by atoms with Gasteiger partial charge >= 0.3 is 0 Å². The van der Waals surface area contributed by atoms with Crippen molar-refractivity contribution in [1.29, 1.82) is 5.41 Å². The molecular formula is C13H27N3O. The standard InChI is InChI=1S/C13H27N3O/c1-13(2,12(14)15)7-9-16(8-4-10-17)11-5-3-6-11/h11,17H,3-10H2,1-2H3,(H3,14,15). The maximum Gasteiger partial charge on any atom is 0.0963 e. The number of rotatable bonds is 8. The van der Waals surface area contributed by atoms with Crippen LogP contribution in [0.1, 0.15) is 46.0 Å². The number of nitrogens with two attached hydrogens (primary N) is 1. The summed E-state index contributed by atoms with van der Waals surface area (Å²) < 4.78 is 0. The summed E-state index contributed by atoms with van der Waals surface area (Å²) in [5, 5.41) is 16.5. The second kappa shape index (κ2) is 6.36. The van der Waals surface area contributed by atoms with E-state index in [0.29, 0.717) is 6.04 Å². The summed E-state index contributed by atoms with van der Waals surface area (Å²) >= 11 is 0. The predicted molar refractivity (Wildman–Crippen MR) is 71.2 cm³/mol. The van der Waals surface area contributed by atoms with Crippen molar-refractivity contribution in [2.75, 3.05) is 19.7 Å². The van der Waals surface area contributed by atoms with Crippen LogP contribution in [0.15, 0.2) is 0 Å². The first kappa shape index (κ1) is 14.5. The van der Waals surface area contributed by atoms with E-state index in [4.69, 9.17) is 16.2 Å². The van der Waals surface area contributed by atoms with E-state index < -0.39 is 0 Å². The summed E-state index contributed by atoms with van der Waals surface area (Å²) in [4.78, 5) is 2.46. The Morgan fingerprint density at radius 1 is 1.41 bits per heavy atom. The molecule has 0 amide bonds. The van der Waals surface area contributed by atoms with E-state index in [2.05, 4.69) is 4.90 Å². The Hall–Kier alpha value is -0.610. The van der Waals surface area contributed by atoms with Gasteiger partial charge in [-0.25, -0.2) is 0 Å². The number of hydrogen-bond donors (Lipinski definition) is 3. The smallest absolute Gasteiger partial charge is 0.0963 e. The van der Waals surface area contributed by atoms with Gasteiger partial charge < -0.3 is 15.7 Å². The topological polar surface area (TPSA) is 73.3 Å². The van der Waals surface area contributed by atoms with Gasteiger partial charge in [0.15, 0.2) is 0 Å². The molecule has 17 heavy (non-hydrogen) atoms. The van der Waals surface area contributed by atoms with Gasteiger partial charge in [0, 0.05) is 24.6 Å². The zero-order valence-electron chi connectivity index (χ0n) is 11.2. The first-order chi connectivity index (χ1) is 7.97. The summed E-state index contributed by atoms with van der Waals surface area (Å²) in [6.45, 7) is 6.27. The van der Waals surface area contributed by atoms with Crippen LogP contribution in [0, 0.1) is 10.8 Å². The Labute approximate surface area is 105 Å². The molecule has 1 aliphatic carbocycles. The lowest BCUT2D eigenvalue weighted by Gasteiger charge is -2.39. The SMILES string of the molecule is CC(C)(CCN(CCCO)C1CCC1)C(=N)N. The molecule has 1 aliphatic rings. The molecule has 0 aromatic rings. The lowest BCUT2D eigenvalue weighted by molar-refractivity contribution is 0.107. The van der Waals surface area contributed by atoms with Crippen LogP contribution in [0.5, 0.6) is 0 Å². The summed E-state index contributed by atoms with van der Waals surface area (Å²) in [5.74, 6) is 0.271. The average Bonchev–Trinajstić information content (AvgIpc) is 2.19. The van der Waals surface area contributed by atoms with Crippen LogP contribution in [0.4, 0.5) is 0 Å². The maximum absolute atomic E-state index is 8.92. The van der Waals surface area contributed by atoms with Crippen molar-refractivity contribution in [1.82, 2.24) is 4.90 Å². The van der Waals surface area contributed by atoms with E-state index in [1.807, 2.05) is 13.8 Å².